The molecule has 0 heterocycles. The maximum absolute atomic E-state index is 13.6. The first kappa shape index (κ1) is 17.0. The summed E-state index contributed by atoms with van der Waals surface area (Å²) < 4.78 is 13.6. The van der Waals surface area contributed by atoms with Crippen LogP contribution in [0.2, 0.25) is 0 Å². The smallest absolute Gasteiger partial charge is 0.138 e. The van der Waals surface area contributed by atoms with Crippen LogP contribution >= 0.6 is 11.8 Å². The van der Waals surface area contributed by atoms with Crippen LogP contribution in [-0.4, -0.2) is 36.5 Å². The first-order chi connectivity index (χ1) is 9.62. The van der Waals surface area contributed by atoms with Gasteiger partial charge in [0.15, 0.2) is 0 Å². The minimum Gasteiger partial charge on any atom is -0.320 e. The summed E-state index contributed by atoms with van der Waals surface area (Å²) in [4.78, 5) is 2.31. The number of nitrogens with two attached hydrogens (primary N) is 1. The van der Waals surface area contributed by atoms with E-state index in [1.807, 2.05) is 23.9 Å². The first-order valence-corrected chi connectivity index (χ1v) is 8.18. The normalized spacial score (nSPS) is 12.1. The Labute approximate surface area is 125 Å². The van der Waals surface area contributed by atoms with Crippen LogP contribution in [0.5, 0.6) is 0 Å². The Morgan fingerprint density at radius 1 is 1.45 bits per heavy atom. The van der Waals surface area contributed by atoms with Crippen molar-refractivity contribution in [2.24, 2.45) is 5.73 Å². The molecule has 0 spiro atoms. The summed E-state index contributed by atoms with van der Waals surface area (Å²) in [5.41, 5.74) is 6.84. The molecule has 1 unspecified atom stereocenters. The summed E-state index contributed by atoms with van der Waals surface area (Å²) in [7, 11) is 2.11. The molecule has 0 bridgehead atoms. The van der Waals surface area contributed by atoms with Crippen molar-refractivity contribution in [3.05, 3.63) is 35.1 Å². The van der Waals surface area contributed by atoms with E-state index in [9.17, 15) is 4.39 Å². The fourth-order valence-electron chi connectivity index (χ4n) is 2.08. The Morgan fingerprint density at radius 3 is 2.80 bits per heavy atom. The van der Waals surface area contributed by atoms with Crippen molar-refractivity contribution in [3.63, 3.8) is 0 Å². The molecule has 0 aliphatic heterocycles. The fourth-order valence-corrected chi connectivity index (χ4v) is 2.95. The molecule has 0 amide bonds. The zero-order chi connectivity index (χ0) is 15.0. The summed E-state index contributed by atoms with van der Waals surface area (Å²) >= 11 is 1.85. The monoisotopic (exact) mass is 294 g/mol. The van der Waals surface area contributed by atoms with Crippen LogP contribution < -0.4 is 5.73 Å². The first-order valence-electron chi connectivity index (χ1n) is 6.78. The van der Waals surface area contributed by atoms with Crippen LogP contribution in [0.1, 0.15) is 24.5 Å². The highest BCUT2D eigenvalue weighted by Gasteiger charge is 2.13. The third kappa shape index (κ3) is 5.16. The van der Waals surface area contributed by atoms with Crippen LogP contribution in [0, 0.1) is 17.7 Å². The summed E-state index contributed by atoms with van der Waals surface area (Å²) in [5.74, 6) is 6.30. The lowest BCUT2D eigenvalue weighted by atomic mass is 10.1. The largest absolute Gasteiger partial charge is 0.320 e. The van der Waals surface area contributed by atoms with Gasteiger partial charge < -0.3 is 5.73 Å². The molecule has 1 aromatic carbocycles. The van der Waals surface area contributed by atoms with Gasteiger partial charge in [-0.25, -0.2) is 4.39 Å². The van der Waals surface area contributed by atoms with E-state index in [0.29, 0.717) is 11.6 Å². The van der Waals surface area contributed by atoms with Crippen LogP contribution in [0.25, 0.3) is 0 Å². The number of halogens is 1. The Hall–Kier alpha value is -1.02. The van der Waals surface area contributed by atoms with Crippen molar-refractivity contribution in [1.82, 2.24) is 4.90 Å². The molecule has 0 aliphatic carbocycles. The molecule has 0 saturated heterocycles. The second-order valence-electron chi connectivity index (χ2n) is 4.75. The van der Waals surface area contributed by atoms with Crippen molar-refractivity contribution in [2.45, 2.75) is 25.9 Å². The number of hydrogen-bond donors (Lipinski definition) is 1. The molecule has 1 rings (SSSR count). The average Bonchev–Trinajstić information content (AvgIpc) is 2.45. The molecule has 0 radical (unpaired) electrons. The minimum atomic E-state index is -0.284. The Balaban J connectivity index is 2.82. The third-order valence-electron chi connectivity index (χ3n) is 3.24. The lowest BCUT2D eigenvalue weighted by Crippen LogP contribution is -2.32. The quantitative estimate of drug-likeness (QED) is 0.818. The molecule has 20 heavy (non-hydrogen) atoms. The van der Waals surface area contributed by atoms with Gasteiger partial charge in [-0.15, -0.1) is 0 Å². The maximum atomic E-state index is 13.6. The summed E-state index contributed by atoms with van der Waals surface area (Å²) in [6.07, 6.45) is 3.23. The van der Waals surface area contributed by atoms with Gasteiger partial charge in [-0.3, -0.25) is 4.90 Å². The molecular formula is C16H23FN2S. The number of nitrogens with zero attached hydrogens (tertiary/aromatic N) is 1. The molecule has 0 saturated carbocycles. The lowest BCUT2D eigenvalue weighted by molar-refractivity contribution is 0.248. The molecule has 110 valence electrons. The van der Waals surface area contributed by atoms with Crippen molar-refractivity contribution in [3.8, 4) is 11.8 Å². The summed E-state index contributed by atoms with van der Waals surface area (Å²) in [5, 5.41) is 0. The molecule has 1 aromatic rings. The van der Waals surface area contributed by atoms with Crippen LogP contribution in [0.4, 0.5) is 4.39 Å². The third-order valence-corrected chi connectivity index (χ3v) is 3.96. The topological polar surface area (TPSA) is 29.3 Å². The predicted octanol–water partition coefficient (Wildman–Crippen LogP) is 2.71. The molecule has 1 atom stereocenters. The second kappa shape index (κ2) is 9.02. The minimum absolute atomic E-state index is 0.245. The molecular weight excluding hydrogens is 271 g/mol. The molecule has 2 nitrogen and oxygen atoms in total. The van der Waals surface area contributed by atoms with E-state index in [4.69, 9.17) is 5.73 Å². The van der Waals surface area contributed by atoms with E-state index in [1.165, 1.54) is 6.07 Å². The standard InChI is InChI=1S/C16H23FN2S/c1-4-15(12-20-3)19(2)11-13-7-8-16(17)14(10-13)6-5-9-18/h7-8,10,15H,4,9,11-12,18H2,1-3H3. The second-order valence-corrected chi connectivity index (χ2v) is 5.66. The highest BCUT2D eigenvalue weighted by Crippen LogP contribution is 2.15. The number of hydrogen-bond acceptors (Lipinski definition) is 3. The van der Waals surface area contributed by atoms with E-state index < -0.39 is 0 Å². The number of thioether (sulfide) groups is 1. The van der Waals surface area contributed by atoms with E-state index in [-0.39, 0.29) is 12.4 Å². The van der Waals surface area contributed by atoms with E-state index >= 15 is 0 Å². The maximum Gasteiger partial charge on any atom is 0.138 e. The molecule has 0 aliphatic rings. The van der Waals surface area contributed by atoms with Gasteiger partial charge in [-0.05, 0) is 37.4 Å². The zero-order valence-electron chi connectivity index (χ0n) is 12.4. The lowest BCUT2D eigenvalue weighted by Gasteiger charge is -2.26. The Bertz CT molecular complexity index is 479. The van der Waals surface area contributed by atoms with Gasteiger partial charge in [0.05, 0.1) is 12.1 Å². The molecule has 0 fully saturated rings. The highest BCUT2D eigenvalue weighted by atomic mass is 32.2. The van der Waals surface area contributed by atoms with E-state index in [0.717, 1.165) is 24.3 Å². The van der Waals surface area contributed by atoms with Crippen molar-refractivity contribution >= 4 is 11.8 Å². The van der Waals surface area contributed by atoms with Crippen LogP contribution in [0.3, 0.4) is 0 Å². The summed E-state index contributed by atoms with van der Waals surface area (Å²) in [6, 6.07) is 5.67. The molecule has 4 heteroatoms. The summed E-state index contributed by atoms with van der Waals surface area (Å²) in [6.45, 7) is 3.24. The predicted molar refractivity (Wildman–Crippen MR) is 86.3 cm³/mol. The van der Waals surface area contributed by atoms with Gasteiger partial charge in [0.1, 0.15) is 5.82 Å². The SMILES string of the molecule is CCC(CSC)N(C)Cc1ccc(F)c(C#CCN)c1. The van der Waals surface area contributed by atoms with Crippen molar-refractivity contribution in [1.29, 1.82) is 0 Å². The van der Waals surface area contributed by atoms with E-state index in [1.54, 1.807) is 0 Å². The van der Waals surface area contributed by atoms with Gasteiger partial charge >= 0.3 is 0 Å². The van der Waals surface area contributed by atoms with Gasteiger partial charge in [-0.2, -0.15) is 11.8 Å². The van der Waals surface area contributed by atoms with Gasteiger partial charge in [0.2, 0.25) is 0 Å². The van der Waals surface area contributed by atoms with Crippen molar-refractivity contribution < 1.29 is 4.39 Å². The van der Waals surface area contributed by atoms with Gasteiger partial charge in [-0.1, -0.05) is 24.8 Å². The van der Waals surface area contributed by atoms with Crippen molar-refractivity contribution in [2.75, 3.05) is 25.6 Å². The average molecular weight is 294 g/mol. The van der Waals surface area contributed by atoms with Gasteiger partial charge in [0.25, 0.3) is 0 Å². The fraction of sp³-hybridized carbons (Fsp3) is 0.500. The number of benzene rings is 1. The Kier molecular flexibility index (Phi) is 7.68. The van der Waals surface area contributed by atoms with E-state index in [2.05, 4.69) is 37.0 Å². The number of rotatable bonds is 6. The zero-order valence-corrected chi connectivity index (χ0v) is 13.3. The van der Waals surface area contributed by atoms with Crippen LogP contribution in [-0.2, 0) is 6.54 Å². The molecule has 2 N–H and O–H groups in total. The van der Waals surface area contributed by atoms with Crippen LogP contribution in [0.15, 0.2) is 18.2 Å². The van der Waals surface area contributed by atoms with Gasteiger partial charge in [0, 0.05) is 18.3 Å². The molecule has 0 aromatic heterocycles. The highest BCUT2D eigenvalue weighted by molar-refractivity contribution is 7.98. The Morgan fingerprint density at radius 2 is 2.20 bits per heavy atom.